The fraction of sp³-hybridized carbons (Fsp3) is 0.316. The van der Waals surface area contributed by atoms with Crippen LogP contribution < -0.4 is 9.62 Å². The lowest BCUT2D eigenvalue weighted by Crippen LogP contribution is -2.40. The van der Waals surface area contributed by atoms with Crippen LogP contribution in [0.3, 0.4) is 0 Å². The van der Waals surface area contributed by atoms with Crippen LogP contribution in [0.4, 0.5) is 5.69 Å². The van der Waals surface area contributed by atoms with E-state index in [4.69, 9.17) is 11.6 Å². The minimum atomic E-state index is -3.61. The molecule has 0 atom stereocenters. The van der Waals surface area contributed by atoms with Gasteiger partial charge in [0, 0.05) is 11.6 Å². The Morgan fingerprint density at radius 2 is 1.73 bits per heavy atom. The van der Waals surface area contributed by atoms with Crippen LogP contribution in [0.25, 0.3) is 0 Å². The first-order valence-electron chi connectivity index (χ1n) is 8.27. The van der Waals surface area contributed by atoms with Gasteiger partial charge in [-0.3, -0.25) is 9.10 Å². The number of carbonyl (C=O) groups is 1. The molecule has 7 heteroatoms. The van der Waals surface area contributed by atoms with E-state index in [0.717, 1.165) is 21.7 Å². The van der Waals surface area contributed by atoms with Gasteiger partial charge in [0.1, 0.15) is 6.54 Å². The summed E-state index contributed by atoms with van der Waals surface area (Å²) >= 11 is 6.08. The Morgan fingerprint density at radius 1 is 1.12 bits per heavy atom. The number of hydrogen-bond acceptors (Lipinski definition) is 3. The maximum Gasteiger partial charge on any atom is 0.241 e. The van der Waals surface area contributed by atoms with Crippen LogP contribution >= 0.6 is 11.6 Å². The van der Waals surface area contributed by atoms with Crippen LogP contribution in [0.2, 0.25) is 5.02 Å². The topological polar surface area (TPSA) is 66.5 Å². The summed E-state index contributed by atoms with van der Waals surface area (Å²) in [5.74, 6) is -0.268. The van der Waals surface area contributed by atoms with Crippen molar-refractivity contribution in [2.45, 2.75) is 26.3 Å². The van der Waals surface area contributed by atoms with E-state index in [1.807, 2.05) is 44.2 Å². The minimum absolute atomic E-state index is 0.127. The highest BCUT2D eigenvalue weighted by atomic mass is 35.5. The highest BCUT2D eigenvalue weighted by molar-refractivity contribution is 7.92. The molecular formula is C19H23ClN2O3S. The third kappa shape index (κ3) is 5.22. The molecule has 0 fully saturated rings. The van der Waals surface area contributed by atoms with E-state index in [-0.39, 0.29) is 19.0 Å². The second-order valence-electron chi connectivity index (χ2n) is 6.35. The first kappa shape index (κ1) is 20.3. The SMILES string of the molecule is CC(C)c1ccccc1N(CC(=O)NCc1ccccc1Cl)S(C)(=O)=O. The van der Waals surface area contributed by atoms with Crippen molar-refractivity contribution in [3.8, 4) is 0 Å². The van der Waals surface area contributed by atoms with Crippen molar-refractivity contribution in [3.63, 3.8) is 0 Å². The third-order valence-electron chi connectivity index (χ3n) is 3.95. The molecule has 0 heterocycles. The van der Waals surface area contributed by atoms with Gasteiger partial charge in [-0.15, -0.1) is 0 Å². The standard InChI is InChI=1S/C19H23ClN2O3S/c1-14(2)16-9-5-7-11-18(16)22(26(3,24)25)13-19(23)21-12-15-8-4-6-10-17(15)20/h4-11,14H,12-13H2,1-3H3,(H,21,23). The van der Waals surface area contributed by atoms with Gasteiger partial charge in [-0.05, 0) is 29.2 Å². The first-order chi connectivity index (χ1) is 12.2. The number of sulfonamides is 1. The zero-order valence-corrected chi connectivity index (χ0v) is 16.6. The number of amides is 1. The van der Waals surface area contributed by atoms with Gasteiger partial charge in [0.25, 0.3) is 0 Å². The molecule has 0 radical (unpaired) electrons. The van der Waals surface area contributed by atoms with E-state index in [0.29, 0.717) is 10.7 Å². The molecule has 1 amide bonds. The average molecular weight is 395 g/mol. The van der Waals surface area contributed by atoms with Crippen LogP contribution in [-0.2, 0) is 21.4 Å². The summed E-state index contributed by atoms with van der Waals surface area (Å²) in [4.78, 5) is 12.4. The quantitative estimate of drug-likeness (QED) is 0.780. The highest BCUT2D eigenvalue weighted by Gasteiger charge is 2.23. The number of nitrogens with one attached hydrogen (secondary N) is 1. The lowest BCUT2D eigenvalue weighted by molar-refractivity contribution is -0.119. The van der Waals surface area contributed by atoms with Gasteiger partial charge in [-0.2, -0.15) is 0 Å². The van der Waals surface area contributed by atoms with Crippen molar-refractivity contribution in [1.29, 1.82) is 0 Å². The zero-order valence-electron chi connectivity index (χ0n) is 15.1. The molecule has 2 rings (SSSR count). The summed E-state index contributed by atoms with van der Waals surface area (Å²) in [6, 6.07) is 14.4. The molecule has 2 aromatic rings. The van der Waals surface area contributed by atoms with E-state index in [9.17, 15) is 13.2 Å². The molecule has 26 heavy (non-hydrogen) atoms. The molecule has 1 N–H and O–H groups in total. The Labute approximate surface area is 160 Å². The highest BCUT2D eigenvalue weighted by Crippen LogP contribution is 2.28. The Balaban J connectivity index is 2.19. The van der Waals surface area contributed by atoms with E-state index >= 15 is 0 Å². The summed E-state index contributed by atoms with van der Waals surface area (Å²) in [5.41, 5.74) is 2.17. The monoisotopic (exact) mass is 394 g/mol. The molecule has 140 valence electrons. The van der Waals surface area contributed by atoms with Crippen LogP contribution in [-0.4, -0.2) is 27.1 Å². The second kappa shape index (κ2) is 8.56. The molecule has 0 saturated carbocycles. The number of para-hydroxylation sites is 1. The van der Waals surface area contributed by atoms with Crippen molar-refractivity contribution in [1.82, 2.24) is 5.32 Å². The largest absolute Gasteiger partial charge is 0.350 e. The van der Waals surface area contributed by atoms with Crippen LogP contribution in [0.15, 0.2) is 48.5 Å². The maximum atomic E-state index is 12.4. The zero-order chi connectivity index (χ0) is 19.3. The molecule has 0 spiro atoms. The van der Waals surface area contributed by atoms with Crippen molar-refractivity contribution < 1.29 is 13.2 Å². The number of nitrogens with zero attached hydrogens (tertiary/aromatic N) is 1. The fourth-order valence-electron chi connectivity index (χ4n) is 2.61. The summed E-state index contributed by atoms with van der Waals surface area (Å²) in [5, 5.41) is 3.28. The summed E-state index contributed by atoms with van der Waals surface area (Å²) in [6.45, 7) is 3.92. The van der Waals surface area contributed by atoms with Gasteiger partial charge in [0.2, 0.25) is 15.9 Å². The predicted octanol–water partition coefficient (Wildman–Crippen LogP) is 3.55. The average Bonchev–Trinajstić information content (AvgIpc) is 2.58. The fourth-order valence-corrected chi connectivity index (χ4v) is 3.68. The van der Waals surface area contributed by atoms with Crippen molar-refractivity contribution >= 4 is 33.2 Å². The van der Waals surface area contributed by atoms with Crippen molar-refractivity contribution in [2.75, 3.05) is 17.1 Å². The molecule has 0 saturated heterocycles. The van der Waals surface area contributed by atoms with Crippen molar-refractivity contribution in [2.24, 2.45) is 0 Å². The molecular weight excluding hydrogens is 372 g/mol. The van der Waals surface area contributed by atoms with Gasteiger partial charge in [-0.25, -0.2) is 8.42 Å². The molecule has 0 aromatic heterocycles. The molecule has 0 aliphatic heterocycles. The number of rotatable bonds is 7. The third-order valence-corrected chi connectivity index (χ3v) is 5.44. The van der Waals surface area contributed by atoms with Gasteiger partial charge in [0.15, 0.2) is 0 Å². The molecule has 0 aliphatic rings. The molecule has 0 aliphatic carbocycles. The van der Waals surface area contributed by atoms with Gasteiger partial charge in [-0.1, -0.05) is 61.8 Å². The van der Waals surface area contributed by atoms with E-state index < -0.39 is 15.9 Å². The van der Waals surface area contributed by atoms with E-state index in [2.05, 4.69) is 5.32 Å². The maximum absolute atomic E-state index is 12.4. The number of halogens is 1. The smallest absolute Gasteiger partial charge is 0.241 e. The second-order valence-corrected chi connectivity index (χ2v) is 8.67. The summed E-state index contributed by atoms with van der Waals surface area (Å²) in [6.07, 6.45) is 1.10. The Bertz CT molecular complexity index is 882. The van der Waals surface area contributed by atoms with Gasteiger partial charge < -0.3 is 5.32 Å². The van der Waals surface area contributed by atoms with Crippen LogP contribution in [0.5, 0.6) is 0 Å². The molecule has 5 nitrogen and oxygen atoms in total. The normalized spacial score (nSPS) is 11.4. The minimum Gasteiger partial charge on any atom is -0.350 e. The Hall–Kier alpha value is -2.05. The number of anilines is 1. The molecule has 0 bridgehead atoms. The van der Waals surface area contributed by atoms with Gasteiger partial charge >= 0.3 is 0 Å². The Morgan fingerprint density at radius 3 is 2.35 bits per heavy atom. The van der Waals surface area contributed by atoms with Crippen molar-refractivity contribution in [3.05, 3.63) is 64.7 Å². The summed E-state index contributed by atoms with van der Waals surface area (Å²) < 4.78 is 25.7. The van der Waals surface area contributed by atoms with Gasteiger partial charge in [0.05, 0.1) is 11.9 Å². The lowest BCUT2D eigenvalue weighted by atomic mass is 10.0. The van der Waals surface area contributed by atoms with Crippen LogP contribution in [0.1, 0.15) is 30.9 Å². The molecule has 2 aromatic carbocycles. The van der Waals surface area contributed by atoms with E-state index in [1.54, 1.807) is 18.2 Å². The Kier molecular flexibility index (Phi) is 6.67. The summed E-state index contributed by atoms with van der Waals surface area (Å²) in [7, 11) is -3.61. The lowest BCUT2D eigenvalue weighted by Gasteiger charge is -2.25. The van der Waals surface area contributed by atoms with Crippen LogP contribution in [0, 0.1) is 0 Å². The number of carbonyl (C=O) groups excluding carboxylic acids is 1. The molecule has 0 unspecified atom stereocenters. The predicted molar refractivity (Wildman–Crippen MR) is 106 cm³/mol. The number of hydrogen-bond donors (Lipinski definition) is 1. The first-order valence-corrected chi connectivity index (χ1v) is 10.5. The van der Waals surface area contributed by atoms with E-state index in [1.165, 1.54) is 0 Å². The number of benzene rings is 2.